The van der Waals surface area contributed by atoms with Crippen LogP contribution in [0, 0.1) is 52.4 Å². The average molecular weight is 610 g/mol. The number of hydrogen-bond donors (Lipinski definition) is 5. The largest absolute Gasteiger partial charge is 0.670 e. The van der Waals surface area contributed by atoms with Crippen molar-refractivity contribution in [1.82, 2.24) is 41.8 Å². The molecular weight excluding hydrogens is 573 g/mol. The average Bonchev–Trinajstić information content (AvgIpc) is 3.35. The summed E-state index contributed by atoms with van der Waals surface area (Å²) in [6.45, 7) is 0. The summed E-state index contributed by atoms with van der Waals surface area (Å²) in [6, 6.07) is 6.48. The van der Waals surface area contributed by atoms with Crippen LogP contribution < -0.4 is 22.0 Å². The van der Waals surface area contributed by atoms with E-state index in [9.17, 15) is 9.59 Å². The molecular formula is C19H36N16O2Y-2. The quantitative estimate of drug-likeness (QED) is 0.114. The number of aromatic nitrogens is 4. The van der Waals surface area contributed by atoms with Gasteiger partial charge >= 0.3 is 0 Å². The minimum Gasteiger partial charge on any atom is -0.670 e. The molecule has 6 N–H and O–H groups in total. The first-order chi connectivity index (χ1) is 15.7. The van der Waals surface area contributed by atoms with Crippen LogP contribution in [0.4, 0.5) is 0 Å². The third-order valence-corrected chi connectivity index (χ3v) is 2.04. The molecule has 0 bridgehead atoms. The zero-order valence-corrected chi connectivity index (χ0v) is 21.4. The standard InChI is InChI=1S/C4H5N7.C4H6N4O.C4H4N4.C3H5NO.4CH4.Y/c1-6-7-3(2-5)4-8-10-11-9-4;1-7-8-3(2-5)4(6)9;1-7-8-4(2-5)3-6;1-4(2)3-5;;;;;/h6H,1H3,(H,8,9,10,11);7H,1H3,(H2,6,9);7H,1H3;1H2,2H3;4*1H4;/q;;;-2;;;;;/b7-3+;8-3+;;;;;;;. The molecule has 0 aliphatic rings. The Hall–Kier alpha value is -4.52. The fraction of sp³-hybridized carbons (Fsp3) is 0.421. The Kier molecular flexibility index (Phi) is 56.8. The number of aromatic amines is 1. The summed E-state index contributed by atoms with van der Waals surface area (Å²) in [6.07, 6.45) is 1.50. The summed E-state index contributed by atoms with van der Waals surface area (Å²) < 4.78 is 0. The van der Waals surface area contributed by atoms with Crippen molar-refractivity contribution in [2.75, 3.05) is 28.2 Å². The van der Waals surface area contributed by atoms with Crippen molar-refractivity contribution in [3.63, 3.8) is 0 Å². The molecule has 0 aromatic carbocycles. The Morgan fingerprint density at radius 1 is 0.974 bits per heavy atom. The predicted octanol–water partition coefficient (Wildman–Crippen LogP) is -0.855. The van der Waals surface area contributed by atoms with Gasteiger partial charge in [-0.2, -0.15) is 48.0 Å². The molecule has 0 aliphatic carbocycles. The zero-order chi connectivity index (χ0) is 26.1. The minimum absolute atomic E-state index is 0. The van der Waals surface area contributed by atoms with Gasteiger partial charge in [-0.1, -0.05) is 36.8 Å². The van der Waals surface area contributed by atoms with Crippen LogP contribution in [0.3, 0.4) is 0 Å². The van der Waals surface area contributed by atoms with Crippen LogP contribution in [0.15, 0.2) is 15.3 Å². The molecule has 0 unspecified atom stereocenters. The zero-order valence-electron chi connectivity index (χ0n) is 18.6. The van der Waals surface area contributed by atoms with E-state index in [1.807, 2.05) is 6.07 Å². The Labute approximate surface area is 249 Å². The molecule has 0 spiro atoms. The minimum atomic E-state index is -0.827. The number of nitrogens with one attached hydrogen (secondary N) is 4. The van der Waals surface area contributed by atoms with Gasteiger partial charge < -0.3 is 31.7 Å². The maximum Gasteiger partial charge on any atom is 0.280 e. The van der Waals surface area contributed by atoms with E-state index in [0.29, 0.717) is 0 Å². The van der Waals surface area contributed by atoms with Crippen molar-refractivity contribution in [3.05, 3.63) is 12.9 Å². The molecule has 0 saturated heterocycles. The molecule has 1 aromatic rings. The normalized spacial score (nSPS) is 7.61. The predicted molar refractivity (Wildman–Crippen MR) is 140 cm³/mol. The topological polar surface area (TPSA) is 286 Å². The van der Waals surface area contributed by atoms with Gasteiger partial charge in [0.15, 0.2) is 0 Å². The molecule has 1 radical (unpaired) electrons. The molecule has 0 aliphatic heterocycles. The van der Waals surface area contributed by atoms with E-state index in [0.717, 1.165) is 4.90 Å². The van der Waals surface area contributed by atoms with Gasteiger partial charge in [-0.05, 0) is 5.21 Å². The van der Waals surface area contributed by atoms with E-state index in [4.69, 9.17) is 26.8 Å². The van der Waals surface area contributed by atoms with Gasteiger partial charge in [0.25, 0.3) is 5.91 Å². The van der Waals surface area contributed by atoms with E-state index in [1.165, 1.54) is 33.6 Å². The molecule has 0 fully saturated rings. The van der Waals surface area contributed by atoms with Crippen molar-refractivity contribution < 1.29 is 42.3 Å². The first-order valence-corrected chi connectivity index (χ1v) is 8.01. The maximum absolute atomic E-state index is 10.1. The number of tetrazole rings is 1. The summed E-state index contributed by atoms with van der Waals surface area (Å²) in [4.78, 5) is 20.5. The number of rotatable bonds is 6. The number of hydrazone groups is 3. The summed E-state index contributed by atoms with van der Waals surface area (Å²) in [5.74, 6) is -0.645. The number of amides is 2. The number of nitriles is 4. The van der Waals surface area contributed by atoms with Gasteiger partial charge in [0.1, 0.15) is 24.3 Å². The van der Waals surface area contributed by atoms with Gasteiger partial charge in [-0.25, -0.2) is 0 Å². The van der Waals surface area contributed by atoms with Crippen molar-refractivity contribution in [2.45, 2.75) is 29.7 Å². The third-order valence-electron chi connectivity index (χ3n) is 2.04. The van der Waals surface area contributed by atoms with Crippen molar-refractivity contribution in [2.24, 2.45) is 21.0 Å². The Morgan fingerprint density at radius 3 is 1.61 bits per heavy atom. The van der Waals surface area contributed by atoms with Crippen LogP contribution in [0.25, 0.3) is 0 Å². The van der Waals surface area contributed by atoms with Crippen LogP contribution in [0.2, 0.25) is 0 Å². The summed E-state index contributed by atoms with van der Waals surface area (Å²) in [5, 5.41) is 55.4. The molecule has 0 saturated carbocycles. The van der Waals surface area contributed by atoms with Gasteiger partial charge in [0.05, 0.1) is 0 Å². The third kappa shape index (κ3) is 33.7. The Morgan fingerprint density at radius 2 is 1.42 bits per heavy atom. The van der Waals surface area contributed by atoms with Gasteiger partial charge in [-0.3, -0.25) is 11.8 Å². The molecule has 1 rings (SSSR count). The second-order valence-electron chi connectivity index (χ2n) is 4.39. The Bertz CT molecular complexity index is 945. The van der Waals surface area contributed by atoms with Crippen LogP contribution in [-0.4, -0.2) is 83.2 Å². The molecule has 209 valence electrons. The SMILES string of the molecule is C.C.C.C.CN/N=C(\C#N)C(N)=O.CN/N=C(\C#N)c1nn[nH]n1.CNN=C(C#N)C#N.[CH2-]N(C)[C-]=O.[Y]. The van der Waals surface area contributed by atoms with Gasteiger partial charge in [0.2, 0.25) is 23.0 Å². The molecule has 18 nitrogen and oxygen atoms in total. The van der Waals surface area contributed by atoms with E-state index < -0.39 is 5.91 Å². The summed E-state index contributed by atoms with van der Waals surface area (Å²) >= 11 is 0. The summed E-state index contributed by atoms with van der Waals surface area (Å²) in [7, 11) is 9.26. The van der Waals surface area contributed by atoms with E-state index >= 15 is 0 Å². The first-order valence-electron chi connectivity index (χ1n) is 8.01. The fourth-order valence-corrected chi connectivity index (χ4v) is 0.933. The van der Waals surface area contributed by atoms with E-state index in [1.54, 1.807) is 19.2 Å². The van der Waals surface area contributed by atoms with Crippen LogP contribution in [0.5, 0.6) is 0 Å². The van der Waals surface area contributed by atoms with E-state index in [2.05, 4.69) is 59.3 Å². The molecule has 38 heavy (non-hydrogen) atoms. The second-order valence-corrected chi connectivity index (χ2v) is 4.39. The summed E-state index contributed by atoms with van der Waals surface area (Å²) in [5.41, 5.74) is 11.3. The number of nitrogens with zero attached hydrogens (tertiary/aromatic N) is 11. The second kappa shape index (κ2) is 39.7. The number of carbonyl (C=O) groups excluding carboxylic acids is 2. The number of nitrogens with two attached hydrogens (primary N) is 1. The monoisotopic (exact) mass is 609 g/mol. The van der Waals surface area contributed by atoms with Gasteiger partial charge in [0, 0.05) is 53.9 Å². The van der Waals surface area contributed by atoms with E-state index in [-0.39, 0.29) is 85.4 Å². The van der Waals surface area contributed by atoms with Crippen molar-refractivity contribution in [1.29, 1.82) is 21.0 Å². The number of H-pyrrole nitrogens is 1. The molecule has 1 heterocycles. The molecule has 19 heteroatoms. The number of carbonyl (C=O) groups is 1. The van der Waals surface area contributed by atoms with Crippen LogP contribution in [-0.2, 0) is 42.3 Å². The number of primary amides is 1. The van der Waals surface area contributed by atoms with Crippen LogP contribution >= 0.6 is 0 Å². The maximum atomic E-state index is 10.1. The smallest absolute Gasteiger partial charge is 0.280 e. The molecule has 0 atom stereocenters. The Balaban J connectivity index is -0.0000000519. The van der Waals surface area contributed by atoms with Crippen molar-refractivity contribution in [3.8, 4) is 24.3 Å². The van der Waals surface area contributed by atoms with Gasteiger partial charge in [-0.15, -0.1) is 10.2 Å². The fourth-order valence-electron chi connectivity index (χ4n) is 0.933. The van der Waals surface area contributed by atoms with Crippen molar-refractivity contribution >= 4 is 29.5 Å². The molecule has 2 amide bonds. The van der Waals surface area contributed by atoms with Crippen LogP contribution in [0.1, 0.15) is 35.5 Å². The first kappa shape index (κ1) is 54.4. The number of hydrogen-bond acceptors (Lipinski definition) is 15. The molecule has 1 aromatic heterocycles.